The van der Waals surface area contributed by atoms with Gasteiger partial charge in [-0.1, -0.05) is 39.7 Å². The first-order valence-corrected chi connectivity index (χ1v) is 7.68. The van der Waals surface area contributed by atoms with E-state index in [1.54, 1.807) is 0 Å². The maximum Gasteiger partial charge on any atom is 0.0840 e. The average molecular weight is 438 g/mol. The minimum absolute atomic E-state index is 0.504. The van der Waals surface area contributed by atoms with Crippen LogP contribution in [0.5, 0.6) is 0 Å². The zero-order valence-corrected chi connectivity index (χ0v) is 13.9. The number of hydrogen-bond donors (Lipinski definition) is 1. The average Bonchev–Trinajstić information content (AvgIpc) is 2.35. The first-order valence-electron chi connectivity index (χ1n) is 5.44. The van der Waals surface area contributed by atoms with Crippen molar-refractivity contribution in [1.29, 1.82) is 0 Å². The largest absolute Gasteiger partial charge is 0.388 e. The molecule has 0 bridgehead atoms. The van der Waals surface area contributed by atoms with E-state index >= 15 is 0 Å². The Balaban J connectivity index is 2.18. The molecule has 0 aliphatic rings. The van der Waals surface area contributed by atoms with Gasteiger partial charge in [-0.15, -0.1) is 0 Å². The highest BCUT2D eigenvalue weighted by molar-refractivity contribution is 14.1. The van der Waals surface area contributed by atoms with Crippen molar-refractivity contribution in [3.8, 4) is 0 Å². The fourth-order valence-corrected chi connectivity index (χ4v) is 2.92. The van der Waals surface area contributed by atoms with E-state index in [-0.39, 0.29) is 0 Å². The molecule has 0 saturated carbocycles. The van der Waals surface area contributed by atoms with E-state index in [0.717, 1.165) is 19.2 Å². The molecule has 0 aliphatic carbocycles. The molecule has 2 rings (SSSR count). The smallest absolute Gasteiger partial charge is 0.0840 e. The van der Waals surface area contributed by atoms with Crippen LogP contribution >= 0.6 is 50.1 Å². The fraction of sp³-hybridized carbons (Fsp3) is 0.143. The quantitative estimate of drug-likeness (QED) is 0.672. The fourth-order valence-electron chi connectivity index (χ4n) is 1.72. The molecule has 0 aliphatic heterocycles. The van der Waals surface area contributed by atoms with Crippen molar-refractivity contribution in [2.75, 3.05) is 0 Å². The van der Waals surface area contributed by atoms with E-state index in [4.69, 9.17) is 11.6 Å². The summed E-state index contributed by atoms with van der Waals surface area (Å²) in [5.74, 6) is 0. The van der Waals surface area contributed by atoms with Gasteiger partial charge in [0.05, 0.1) is 6.10 Å². The molecule has 0 amide bonds. The van der Waals surface area contributed by atoms with Gasteiger partial charge in [-0.3, -0.25) is 0 Å². The molecule has 0 spiro atoms. The standard InChI is InChI=1S/C14H11BrClIO/c15-10-3-6-13(17)12(8-10)14(18)7-9-1-4-11(16)5-2-9/h1-6,8,14,18H,7H2. The summed E-state index contributed by atoms with van der Waals surface area (Å²) >= 11 is 11.5. The summed E-state index contributed by atoms with van der Waals surface area (Å²) in [5, 5.41) is 11.0. The third kappa shape index (κ3) is 3.70. The lowest BCUT2D eigenvalue weighted by Crippen LogP contribution is -2.04. The van der Waals surface area contributed by atoms with E-state index in [9.17, 15) is 5.11 Å². The highest BCUT2D eigenvalue weighted by Gasteiger charge is 2.12. The molecular weight excluding hydrogens is 426 g/mol. The Morgan fingerprint density at radius 1 is 1.17 bits per heavy atom. The predicted octanol–water partition coefficient (Wildman–Crippen LogP) is 4.98. The minimum atomic E-state index is -0.504. The molecular formula is C14H11BrClIO. The lowest BCUT2D eigenvalue weighted by Gasteiger charge is -2.13. The first-order chi connectivity index (χ1) is 8.56. The van der Waals surface area contributed by atoms with Crippen molar-refractivity contribution >= 4 is 50.1 Å². The molecule has 1 N–H and O–H groups in total. The van der Waals surface area contributed by atoms with Crippen LogP contribution in [0.25, 0.3) is 0 Å². The number of aliphatic hydroxyl groups excluding tert-OH is 1. The Morgan fingerprint density at radius 2 is 1.83 bits per heavy atom. The van der Waals surface area contributed by atoms with Gasteiger partial charge in [0.2, 0.25) is 0 Å². The topological polar surface area (TPSA) is 20.2 Å². The minimum Gasteiger partial charge on any atom is -0.388 e. The number of hydrogen-bond acceptors (Lipinski definition) is 1. The Morgan fingerprint density at radius 3 is 2.50 bits per heavy atom. The molecule has 4 heteroatoms. The Kier molecular flexibility index (Phi) is 5.06. The van der Waals surface area contributed by atoms with Gasteiger partial charge in [-0.05, 0) is 64.0 Å². The highest BCUT2D eigenvalue weighted by Crippen LogP contribution is 2.26. The van der Waals surface area contributed by atoms with Gasteiger partial charge in [-0.2, -0.15) is 0 Å². The molecule has 0 aromatic heterocycles. The maximum absolute atomic E-state index is 10.3. The van der Waals surface area contributed by atoms with Crippen LogP contribution in [0.2, 0.25) is 5.02 Å². The van der Waals surface area contributed by atoms with Gasteiger partial charge >= 0.3 is 0 Å². The van der Waals surface area contributed by atoms with E-state index in [1.807, 2.05) is 42.5 Å². The van der Waals surface area contributed by atoms with Crippen LogP contribution in [0.1, 0.15) is 17.2 Å². The van der Waals surface area contributed by atoms with E-state index in [1.165, 1.54) is 0 Å². The molecule has 0 radical (unpaired) electrons. The summed E-state index contributed by atoms with van der Waals surface area (Å²) in [4.78, 5) is 0. The third-order valence-electron chi connectivity index (χ3n) is 2.66. The third-order valence-corrected chi connectivity index (χ3v) is 4.39. The van der Waals surface area contributed by atoms with Crippen molar-refractivity contribution in [2.24, 2.45) is 0 Å². The molecule has 0 saturated heterocycles. The van der Waals surface area contributed by atoms with Crippen LogP contribution in [0.3, 0.4) is 0 Å². The summed E-state index contributed by atoms with van der Waals surface area (Å²) in [5.41, 5.74) is 2.02. The first kappa shape index (κ1) is 14.3. The molecule has 2 aromatic rings. The normalized spacial score (nSPS) is 12.4. The van der Waals surface area contributed by atoms with Crippen LogP contribution in [0.4, 0.5) is 0 Å². The zero-order chi connectivity index (χ0) is 13.1. The summed E-state index contributed by atoms with van der Waals surface area (Å²) in [6.07, 6.45) is 0.0828. The molecule has 1 nitrogen and oxygen atoms in total. The van der Waals surface area contributed by atoms with Gasteiger partial charge in [0.1, 0.15) is 0 Å². The Bertz CT molecular complexity index is 542. The lowest BCUT2D eigenvalue weighted by molar-refractivity contribution is 0.177. The SMILES string of the molecule is OC(Cc1ccc(Cl)cc1)c1cc(Br)ccc1I. The Hall–Kier alpha value is -0.100. The summed E-state index contributed by atoms with van der Waals surface area (Å²) in [6.45, 7) is 0. The van der Waals surface area contributed by atoms with E-state index in [0.29, 0.717) is 11.4 Å². The van der Waals surface area contributed by atoms with Gasteiger partial charge in [-0.25, -0.2) is 0 Å². The predicted molar refractivity (Wildman–Crippen MR) is 87.0 cm³/mol. The summed E-state index contributed by atoms with van der Waals surface area (Å²) in [7, 11) is 0. The van der Waals surface area contributed by atoms with Gasteiger partial charge in [0.25, 0.3) is 0 Å². The van der Waals surface area contributed by atoms with Crippen molar-refractivity contribution in [2.45, 2.75) is 12.5 Å². The summed E-state index contributed by atoms with van der Waals surface area (Å²) in [6, 6.07) is 13.5. The molecule has 1 unspecified atom stereocenters. The second kappa shape index (κ2) is 6.37. The molecule has 0 heterocycles. The lowest BCUT2D eigenvalue weighted by atomic mass is 10.0. The molecule has 0 fully saturated rings. The van der Waals surface area contributed by atoms with Crippen molar-refractivity contribution < 1.29 is 5.11 Å². The highest BCUT2D eigenvalue weighted by atomic mass is 127. The van der Waals surface area contributed by atoms with Gasteiger partial charge in [0.15, 0.2) is 0 Å². The number of halogens is 3. The zero-order valence-electron chi connectivity index (χ0n) is 9.41. The molecule has 94 valence electrons. The van der Waals surface area contributed by atoms with E-state index in [2.05, 4.69) is 38.5 Å². The van der Waals surface area contributed by atoms with Gasteiger partial charge < -0.3 is 5.11 Å². The van der Waals surface area contributed by atoms with E-state index < -0.39 is 6.10 Å². The second-order valence-corrected chi connectivity index (χ2v) is 6.53. The van der Waals surface area contributed by atoms with Crippen molar-refractivity contribution in [1.82, 2.24) is 0 Å². The van der Waals surface area contributed by atoms with Gasteiger partial charge in [0, 0.05) is 19.5 Å². The number of aliphatic hydroxyl groups is 1. The van der Waals surface area contributed by atoms with Crippen LogP contribution in [0.15, 0.2) is 46.9 Å². The maximum atomic E-state index is 10.3. The van der Waals surface area contributed by atoms with Crippen LogP contribution < -0.4 is 0 Å². The summed E-state index contributed by atoms with van der Waals surface area (Å²) < 4.78 is 2.05. The number of benzene rings is 2. The molecule has 2 aromatic carbocycles. The molecule has 1 atom stereocenters. The molecule has 18 heavy (non-hydrogen) atoms. The van der Waals surface area contributed by atoms with Crippen LogP contribution in [-0.4, -0.2) is 5.11 Å². The number of rotatable bonds is 3. The van der Waals surface area contributed by atoms with Crippen LogP contribution in [-0.2, 0) is 6.42 Å². The van der Waals surface area contributed by atoms with Crippen LogP contribution in [0, 0.1) is 3.57 Å². The van der Waals surface area contributed by atoms with Crippen molar-refractivity contribution in [3.63, 3.8) is 0 Å². The Labute approximate surface area is 133 Å². The monoisotopic (exact) mass is 436 g/mol. The van der Waals surface area contributed by atoms with Crippen molar-refractivity contribution in [3.05, 3.63) is 66.7 Å². The second-order valence-electron chi connectivity index (χ2n) is 4.01.